The topological polar surface area (TPSA) is 0 Å². The van der Waals surface area contributed by atoms with Crippen LogP contribution in [0, 0.1) is 5.41 Å². The van der Waals surface area contributed by atoms with E-state index in [0.717, 1.165) is 6.42 Å². The van der Waals surface area contributed by atoms with Crippen LogP contribution in [0.25, 0.3) is 6.08 Å². The Bertz CT molecular complexity index is 395. The van der Waals surface area contributed by atoms with Crippen molar-refractivity contribution in [1.82, 2.24) is 0 Å². The first kappa shape index (κ1) is 12.5. The Hall–Kier alpha value is -1.52. The van der Waals surface area contributed by atoms with E-state index in [1.807, 2.05) is 30.4 Å². The van der Waals surface area contributed by atoms with E-state index in [1.54, 1.807) is 0 Å². The van der Waals surface area contributed by atoms with Crippen molar-refractivity contribution in [3.63, 3.8) is 0 Å². The average Bonchev–Trinajstić information content (AvgIpc) is 2.24. The SMILES string of the molecule is C=CCC(=C=Cc1ccccc1)C(C)(C)C. The van der Waals surface area contributed by atoms with Crippen LogP contribution in [0.3, 0.4) is 0 Å². The molecule has 0 bridgehead atoms. The van der Waals surface area contributed by atoms with Gasteiger partial charge in [-0.25, -0.2) is 0 Å². The molecule has 0 radical (unpaired) electrons. The standard InChI is InChI=1S/C16H20/c1-5-9-15(16(2,3)4)13-12-14-10-7-6-8-11-14/h5-8,10-12H,1,9H2,2-4H3. The third-order valence-corrected chi connectivity index (χ3v) is 2.47. The fourth-order valence-corrected chi connectivity index (χ4v) is 1.45. The van der Waals surface area contributed by atoms with Crippen molar-refractivity contribution in [2.75, 3.05) is 0 Å². The smallest absolute Gasteiger partial charge is 0.00599 e. The molecule has 0 nitrogen and oxygen atoms in total. The summed E-state index contributed by atoms with van der Waals surface area (Å²) in [6.45, 7) is 10.4. The van der Waals surface area contributed by atoms with Gasteiger partial charge in [0.2, 0.25) is 0 Å². The zero-order valence-electron chi connectivity index (χ0n) is 10.5. The molecule has 16 heavy (non-hydrogen) atoms. The lowest BCUT2D eigenvalue weighted by Gasteiger charge is -2.19. The lowest BCUT2D eigenvalue weighted by atomic mass is 9.85. The number of rotatable bonds is 3. The molecule has 1 rings (SSSR count). The summed E-state index contributed by atoms with van der Waals surface area (Å²) in [5.74, 6) is 0. The van der Waals surface area contributed by atoms with Gasteiger partial charge in [0.15, 0.2) is 0 Å². The van der Waals surface area contributed by atoms with Gasteiger partial charge in [-0.2, -0.15) is 0 Å². The zero-order chi connectivity index (χ0) is 12.0. The number of benzene rings is 1. The highest BCUT2D eigenvalue weighted by molar-refractivity contribution is 5.49. The van der Waals surface area contributed by atoms with E-state index in [4.69, 9.17) is 0 Å². The molecule has 0 saturated carbocycles. The highest BCUT2D eigenvalue weighted by Gasteiger charge is 2.14. The molecule has 0 N–H and O–H groups in total. The molecule has 0 aliphatic carbocycles. The van der Waals surface area contributed by atoms with Crippen LogP contribution in [0.2, 0.25) is 0 Å². The summed E-state index contributed by atoms with van der Waals surface area (Å²) in [7, 11) is 0. The quantitative estimate of drug-likeness (QED) is 0.496. The Morgan fingerprint density at radius 1 is 1.25 bits per heavy atom. The monoisotopic (exact) mass is 212 g/mol. The minimum absolute atomic E-state index is 0.152. The molecule has 84 valence electrons. The predicted octanol–water partition coefficient (Wildman–Crippen LogP) is 4.85. The highest BCUT2D eigenvalue weighted by Crippen LogP contribution is 2.27. The van der Waals surface area contributed by atoms with Crippen LogP contribution >= 0.6 is 0 Å². The van der Waals surface area contributed by atoms with E-state index in [0.29, 0.717) is 0 Å². The predicted molar refractivity (Wildman–Crippen MR) is 72.2 cm³/mol. The van der Waals surface area contributed by atoms with Crippen molar-refractivity contribution in [2.24, 2.45) is 5.41 Å². The lowest BCUT2D eigenvalue weighted by Crippen LogP contribution is -2.07. The van der Waals surface area contributed by atoms with E-state index in [9.17, 15) is 0 Å². The number of allylic oxidation sites excluding steroid dienone is 2. The van der Waals surface area contributed by atoms with Gasteiger partial charge in [0.1, 0.15) is 0 Å². The van der Waals surface area contributed by atoms with Gasteiger partial charge in [0.05, 0.1) is 0 Å². The molecule has 0 aliphatic rings. The molecule has 0 aliphatic heterocycles. The second-order valence-electron chi connectivity index (χ2n) is 4.92. The second kappa shape index (κ2) is 5.53. The molecule has 0 saturated heterocycles. The molecule has 1 aromatic rings. The normalized spacial score (nSPS) is 10.4. The van der Waals surface area contributed by atoms with Crippen molar-refractivity contribution in [3.8, 4) is 0 Å². The van der Waals surface area contributed by atoms with E-state index in [1.165, 1.54) is 11.1 Å². The van der Waals surface area contributed by atoms with Crippen molar-refractivity contribution in [2.45, 2.75) is 27.2 Å². The third-order valence-electron chi connectivity index (χ3n) is 2.47. The van der Waals surface area contributed by atoms with Gasteiger partial charge in [-0.15, -0.1) is 12.3 Å². The van der Waals surface area contributed by atoms with Crippen LogP contribution in [-0.2, 0) is 0 Å². The van der Waals surface area contributed by atoms with Crippen molar-refractivity contribution in [3.05, 3.63) is 59.9 Å². The van der Waals surface area contributed by atoms with Crippen LogP contribution in [-0.4, -0.2) is 0 Å². The third kappa shape index (κ3) is 3.92. The Morgan fingerprint density at radius 3 is 2.38 bits per heavy atom. The Morgan fingerprint density at radius 2 is 1.88 bits per heavy atom. The molecule has 0 unspecified atom stereocenters. The first-order valence-corrected chi connectivity index (χ1v) is 5.66. The Labute approximate surface area is 99.0 Å². The summed E-state index contributed by atoms with van der Waals surface area (Å²) in [6, 6.07) is 10.3. The molecular formula is C16H20. The van der Waals surface area contributed by atoms with E-state index in [-0.39, 0.29) is 5.41 Å². The summed E-state index contributed by atoms with van der Waals surface area (Å²) in [6.07, 6.45) is 4.88. The van der Waals surface area contributed by atoms with Gasteiger partial charge in [0, 0.05) is 0 Å². The van der Waals surface area contributed by atoms with Gasteiger partial charge < -0.3 is 0 Å². The van der Waals surface area contributed by atoms with Gasteiger partial charge >= 0.3 is 0 Å². The average molecular weight is 212 g/mol. The summed E-state index contributed by atoms with van der Waals surface area (Å²) in [4.78, 5) is 0. The summed E-state index contributed by atoms with van der Waals surface area (Å²) in [5.41, 5.74) is 6.02. The Balaban J connectivity index is 3.03. The second-order valence-corrected chi connectivity index (χ2v) is 4.92. The van der Waals surface area contributed by atoms with E-state index < -0.39 is 0 Å². The summed E-state index contributed by atoms with van der Waals surface area (Å²) < 4.78 is 0. The van der Waals surface area contributed by atoms with Crippen LogP contribution in [0.1, 0.15) is 32.8 Å². The van der Waals surface area contributed by atoms with Gasteiger partial charge in [-0.1, -0.05) is 57.2 Å². The fraction of sp³-hybridized carbons (Fsp3) is 0.312. The number of hydrogen-bond acceptors (Lipinski definition) is 0. The molecular weight excluding hydrogens is 192 g/mol. The van der Waals surface area contributed by atoms with Crippen molar-refractivity contribution >= 4 is 6.08 Å². The zero-order valence-corrected chi connectivity index (χ0v) is 10.5. The first-order valence-electron chi connectivity index (χ1n) is 5.66. The molecule has 0 amide bonds. The van der Waals surface area contributed by atoms with Crippen LogP contribution in [0.5, 0.6) is 0 Å². The first-order chi connectivity index (χ1) is 7.54. The molecule has 0 heteroatoms. The van der Waals surface area contributed by atoms with Gasteiger partial charge in [-0.3, -0.25) is 0 Å². The van der Waals surface area contributed by atoms with Crippen molar-refractivity contribution < 1.29 is 0 Å². The largest absolute Gasteiger partial charge is 0.120 e. The van der Waals surface area contributed by atoms with E-state index in [2.05, 4.69) is 45.2 Å². The maximum atomic E-state index is 3.79. The minimum atomic E-state index is 0.152. The molecule has 0 atom stereocenters. The highest BCUT2D eigenvalue weighted by atomic mass is 14.2. The molecule has 0 heterocycles. The fourth-order valence-electron chi connectivity index (χ4n) is 1.45. The van der Waals surface area contributed by atoms with Crippen molar-refractivity contribution in [1.29, 1.82) is 0 Å². The molecule has 0 spiro atoms. The molecule has 0 fully saturated rings. The lowest BCUT2D eigenvalue weighted by molar-refractivity contribution is 0.495. The maximum Gasteiger partial charge on any atom is -0.00599 e. The van der Waals surface area contributed by atoms with Crippen LogP contribution < -0.4 is 0 Å². The van der Waals surface area contributed by atoms with Crippen LogP contribution in [0.15, 0.2) is 54.3 Å². The number of hydrogen-bond donors (Lipinski definition) is 0. The summed E-state index contributed by atoms with van der Waals surface area (Å²) >= 11 is 0. The summed E-state index contributed by atoms with van der Waals surface area (Å²) in [5, 5.41) is 0. The van der Waals surface area contributed by atoms with E-state index >= 15 is 0 Å². The van der Waals surface area contributed by atoms with Gasteiger partial charge in [-0.05, 0) is 29.0 Å². The minimum Gasteiger partial charge on any atom is -0.120 e. The molecule has 0 aromatic heterocycles. The Kier molecular flexibility index (Phi) is 4.34. The van der Waals surface area contributed by atoms with Gasteiger partial charge in [0.25, 0.3) is 0 Å². The maximum absolute atomic E-state index is 3.79. The molecule has 1 aromatic carbocycles. The van der Waals surface area contributed by atoms with Crippen LogP contribution in [0.4, 0.5) is 0 Å².